The largest absolute Gasteiger partial charge is 0.338 e. The van der Waals surface area contributed by atoms with Crippen molar-refractivity contribution in [1.82, 2.24) is 15.6 Å². The molecule has 2 aliphatic rings. The third-order valence-corrected chi connectivity index (χ3v) is 5.75. The first-order valence-corrected chi connectivity index (χ1v) is 10.7. The van der Waals surface area contributed by atoms with Crippen molar-refractivity contribution >= 4 is 23.5 Å². The van der Waals surface area contributed by atoms with Gasteiger partial charge in [0.25, 0.3) is 0 Å². The number of carbonyl (C=O) groups excluding carboxylic acids is 1. The fourth-order valence-electron chi connectivity index (χ4n) is 4.28. The molecule has 0 aliphatic heterocycles. The molecule has 8 nitrogen and oxygen atoms in total. The van der Waals surface area contributed by atoms with Gasteiger partial charge in [0.1, 0.15) is 5.82 Å². The minimum Gasteiger partial charge on any atom is -0.338 e. The number of nitriles is 1. The number of aromatic nitrogens is 1. The molecule has 4 N–H and O–H groups in total. The van der Waals surface area contributed by atoms with E-state index < -0.39 is 0 Å². The van der Waals surface area contributed by atoms with Gasteiger partial charge < -0.3 is 10.6 Å². The molecular formula is C21H31N7O. The molecule has 3 unspecified atom stereocenters. The molecule has 156 valence electrons. The van der Waals surface area contributed by atoms with Crippen LogP contribution in [0.3, 0.4) is 0 Å². The number of amides is 2. The summed E-state index contributed by atoms with van der Waals surface area (Å²) in [6.45, 7) is 2.82. The second-order valence-corrected chi connectivity index (χ2v) is 7.96. The molecular weight excluding hydrogens is 366 g/mol. The van der Waals surface area contributed by atoms with E-state index in [1.165, 1.54) is 32.1 Å². The Labute approximate surface area is 172 Å². The number of rotatable bonds is 8. The van der Waals surface area contributed by atoms with E-state index in [4.69, 9.17) is 10.3 Å². The summed E-state index contributed by atoms with van der Waals surface area (Å²) in [5, 5.41) is 20.4. The number of hydrogen-bond donors (Lipinski definition) is 4. The Balaban J connectivity index is 1.48. The van der Waals surface area contributed by atoms with Crippen LogP contribution < -0.4 is 21.3 Å². The molecule has 2 saturated carbocycles. The molecule has 0 radical (unpaired) electrons. The molecule has 3 atom stereocenters. The van der Waals surface area contributed by atoms with Crippen LogP contribution in [0.1, 0.15) is 58.3 Å². The van der Waals surface area contributed by atoms with Crippen molar-refractivity contribution in [3.05, 3.63) is 18.3 Å². The van der Waals surface area contributed by atoms with Crippen LogP contribution in [-0.2, 0) is 0 Å². The van der Waals surface area contributed by atoms with Crippen molar-refractivity contribution in [2.45, 2.75) is 64.3 Å². The quantitative estimate of drug-likeness (QED) is 0.175. The maximum atomic E-state index is 11.9. The average Bonchev–Trinajstić information content (AvgIpc) is 3.33. The van der Waals surface area contributed by atoms with E-state index in [-0.39, 0.29) is 12.1 Å². The van der Waals surface area contributed by atoms with Gasteiger partial charge in [0, 0.05) is 6.54 Å². The third kappa shape index (κ3) is 6.34. The Morgan fingerprint density at radius 1 is 1.24 bits per heavy atom. The van der Waals surface area contributed by atoms with Gasteiger partial charge in [0.15, 0.2) is 6.19 Å². The number of urea groups is 1. The summed E-state index contributed by atoms with van der Waals surface area (Å²) in [4.78, 5) is 20.9. The standard InChI is InChI=1S/C21H31N7O/c1-2-3-4-5-10-23-21(29)28-19-9-8-17(13-24-19)26-20(25-14-22)27-18-12-15-6-7-16(18)11-15/h8-9,13,15-16,18H,2-7,10-12H2,1H3,(H2,25,26,27)(H2,23,24,28,29). The molecule has 2 bridgehead atoms. The maximum absolute atomic E-state index is 11.9. The van der Waals surface area contributed by atoms with Crippen molar-refractivity contribution in [2.75, 3.05) is 17.2 Å². The highest BCUT2D eigenvalue weighted by molar-refractivity contribution is 5.95. The first-order chi connectivity index (χ1) is 14.2. The number of nitrogens with one attached hydrogen (secondary N) is 4. The van der Waals surface area contributed by atoms with E-state index >= 15 is 0 Å². The van der Waals surface area contributed by atoms with Crippen LogP contribution in [0.25, 0.3) is 0 Å². The second kappa shape index (κ2) is 10.6. The van der Waals surface area contributed by atoms with Gasteiger partial charge in [-0.05, 0) is 49.7 Å². The predicted molar refractivity (Wildman–Crippen MR) is 114 cm³/mol. The van der Waals surface area contributed by atoms with Crippen molar-refractivity contribution < 1.29 is 4.79 Å². The van der Waals surface area contributed by atoms with Crippen LogP contribution >= 0.6 is 0 Å². The predicted octanol–water partition coefficient (Wildman–Crippen LogP) is 3.81. The van der Waals surface area contributed by atoms with Gasteiger partial charge in [-0.1, -0.05) is 32.6 Å². The summed E-state index contributed by atoms with van der Waals surface area (Å²) >= 11 is 0. The smallest absolute Gasteiger partial charge is 0.320 e. The number of hydrogen-bond acceptors (Lipinski definition) is 4. The Morgan fingerprint density at radius 3 is 2.79 bits per heavy atom. The van der Waals surface area contributed by atoms with Gasteiger partial charge in [-0.2, -0.15) is 5.26 Å². The van der Waals surface area contributed by atoms with Crippen LogP contribution in [-0.4, -0.2) is 29.6 Å². The summed E-state index contributed by atoms with van der Waals surface area (Å²) in [5.41, 5.74) is 0.709. The Hall–Kier alpha value is -2.82. The van der Waals surface area contributed by atoms with Gasteiger partial charge >= 0.3 is 6.03 Å². The topological polar surface area (TPSA) is 114 Å². The van der Waals surface area contributed by atoms with E-state index in [9.17, 15) is 4.79 Å². The van der Waals surface area contributed by atoms with Crippen LogP contribution in [0.2, 0.25) is 0 Å². The number of aliphatic imine (C=N–C) groups is 1. The van der Waals surface area contributed by atoms with E-state index in [1.807, 2.05) is 6.19 Å². The Bertz CT molecular complexity index is 740. The van der Waals surface area contributed by atoms with E-state index in [0.29, 0.717) is 29.9 Å². The Kier molecular flexibility index (Phi) is 7.68. The number of pyridine rings is 1. The van der Waals surface area contributed by atoms with E-state index in [1.54, 1.807) is 18.3 Å². The molecule has 2 amide bonds. The zero-order chi connectivity index (χ0) is 20.5. The van der Waals surface area contributed by atoms with Gasteiger partial charge in [-0.15, -0.1) is 0 Å². The number of unbranched alkanes of at least 4 members (excludes halogenated alkanes) is 3. The first-order valence-electron chi connectivity index (χ1n) is 10.7. The normalized spacial score (nSPS) is 22.8. The van der Waals surface area contributed by atoms with Gasteiger partial charge in [0.2, 0.25) is 5.96 Å². The zero-order valence-corrected chi connectivity index (χ0v) is 17.1. The highest BCUT2D eigenvalue weighted by atomic mass is 16.2. The van der Waals surface area contributed by atoms with Crippen molar-refractivity contribution in [1.29, 1.82) is 5.26 Å². The van der Waals surface area contributed by atoms with Gasteiger partial charge in [0.05, 0.1) is 17.9 Å². The third-order valence-electron chi connectivity index (χ3n) is 5.75. The lowest BCUT2D eigenvalue weighted by molar-refractivity contribution is 0.252. The van der Waals surface area contributed by atoms with Crippen LogP contribution in [0.5, 0.6) is 0 Å². The van der Waals surface area contributed by atoms with Gasteiger partial charge in [-0.25, -0.2) is 14.8 Å². The minimum atomic E-state index is -0.251. The van der Waals surface area contributed by atoms with Gasteiger partial charge in [-0.3, -0.25) is 10.6 Å². The lowest BCUT2D eigenvalue weighted by Gasteiger charge is -2.19. The highest BCUT2D eigenvalue weighted by Gasteiger charge is 2.39. The molecule has 29 heavy (non-hydrogen) atoms. The minimum absolute atomic E-state index is 0.251. The summed E-state index contributed by atoms with van der Waals surface area (Å²) in [5.74, 6) is 2.36. The van der Waals surface area contributed by atoms with E-state index in [2.05, 4.69) is 33.2 Å². The molecule has 0 saturated heterocycles. The van der Waals surface area contributed by atoms with Crippen molar-refractivity contribution in [2.24, 2.45) is 16.8 Å². The monoisotopic (exact) mass is 397 g/mol. The number of anilines is 2. The van der Waals surface area contributed by atoms with Crippen molar-refractivity contribution in [3.8, 4) is 6.19 Å². The first kappa shape index (κ1) is 20.9. The molecule has 3 rings (SSSR count). The summed E-state index contributed by atoms with van der Waals surface area (Å²) in [6, 6.07) is 3.56. The molecule has 0 aromatic carbocycles. The number of nitrogens with zero attached hydrogens (tertiary/aromatic N) is 3. The fraction of sp³-hybridized carbons (Fsp3) is 0.619. The molecule has 8 heteroatoms. The van der Waals surface area contributed by atoms with Crippen LogP contribution in [0, 0.1) is 23.3 Å². The lowest BCUT2D eigenvalue weighted by Crippen LogP contribution is -2.30. The second-order valence-electron chi connectivity index (χ2n) is 7.96. The zero-order valence-electron chi connectivity index (χ0n) is 17.1. The van der Waals surface area contributed by atoms with Crippen LogP contribution in [0.15, 0.2) is 23.3 Å². The number of fused-ring (bicyclic) bond motifs is 2. The summed E-state index contributed by atoms with van der Waals surface area (Å²) < 4.78 is 0. The SMILES string of the molecule is CCCCCCNC(=O)Nc1ccc(NC(=NC2CC3CCC2C3)NC#N)cn1. The lowest BCUT2D eigenvalue weighted by atomic mass is 9.96. The average molecular weight is 398 g/mol. The highest BCUT2D eigenvalue weighted by Crippen LogP contribution is 2.45. The fourth-order valence-corrected chi connectivity index (χ4v) is 4.28. The molecule has 2 fully saturated rings. The molecule has 1 aromatic rings. The summed E-state index contributed by atoms with van der Waals surface area (Å²) in [7, 11) is 0. The van der Waals surface area contributed by atoms with Crippen LogP contribution in [0.4, 0.5) is 16.3 Å². The molecule has 0 spiro atoms. The summed E-state index contributed by atoms with van der Waals surface area (Å²) in [6.07, 6.45) is 13.0. The van der Waals surface area contributed by atoms with E-state index in [0.717, 1.165) is 25.2 Å². The number of guanidine groups is 1. The number of carbonyl (C=O) groups is 1. The Morgan fingerprint density at radius 2 is 2.14 bits per heavy atom. The molecule has 1 heterocycles. The molecule has 1 aromatic heterocycles. The molecule has 2 aliphatic carbocycles. The maximum Gasteiger partial charge on any atom is 0.320 e. The van der Waals surface area contributed by atoms with Crippen molar-refractivity contribution in [3.63, 3.8) is 0 Å².